The predicted octanol–water partition coefficient (Wildman–Crippen LogP) is 5.73. The van der Waals surface area contributed by atoms with Gasteiger partial charge in [0.25, 0.3) is 0 Å². The Morgan fingerprint density at radius 1 is 1.12 bits per heavy atom. The molecule has 0 aromatic heterocycles. The highest BCUT2D eigenvalue weighted by Crippen LogP contribution is 2.31. The number of carbonyl (C=O) groups excluding carboxylic acids is 2. The fraction of sp³-hybridized carbons (Fsp3) is 0.440. The summed E-state index contributed by atoms with van der Waals surface area (Å²) in [6.07, 6.45) is 3.07. The van der Waals surface area contributed by atoms with Crippen LogP contribution in [0, 0.1) is 17.7 Å². The van der Waals surface area contributed by atoms with Crippen LogP contribution in [0.25, 0.3) is 0 Å². The molecule has 2 amide bonds. The maximum Gasteiger partial charge on any atom is 0.247 e. The predicted molar refractivity (Wildman–Crippen MR) is 126 cm³/mol. The van der Waals surface area contributed by atoms with Gasteiger partial charge in [0, 0.05) is 17.6 Å². The van der Waals surface area contributed by atoms with Crippen molar-refractivity contribution < 1.29 is 14.0 Å². The van der Waals surface area contributed by atoms with Crippen LogP contribution in [0.2, 0.25) is 5.02 Å². The first-order valence-corrected chi connectivity index (χ1v) is 11.9. The lowest BCUT2D eigenvalue weighted by molar-refractivity contribution is -0.140. The van der Waals surface area contributed by atoms with Crippen molar-refractivity contribution in [3.05, 3.63) is 70.5 Å². The molecule has 2 aromatic rings. The number of rotatable bonds is 7. The molecule has 1 aliphatic rings. The first-order valence-electron chi connectivity index (χ1n) is 11.0. The van der Waals surface area contributed by atoms with Crippen LogP contribution in [-0.2, 0) is 16.1 Å². The molecule has 32 heavy (non-hydrogen) atoms. The Hall–Kier alpha value is -2.11. The number of nitrogens with one attached hydrogen (secondary N) is 1. The van der Waals surface area contributed by atoms with E-state index in [2.05, 4.69) is 19.2 Å². The van der Waals surface area contributed by atoms with E-state index in [4.69, 9.17) is 23.2 Å². The minimum Gasteiger partial charge on any atom is -0.351 e. The van der Waals surface area contributed by atoms with Gasteiger partial charge in [0.2, 0.25) is 11.8 Å². The molecule has 0 saturated heterocycles. The Morgan fingerprint density at radius 3 is 2.47 bits per heavy atom. The molecule has 1 N–H and O–H groups in total. The molecule has 1 saturated carbocycles. The smallest absolute Gasteiger partial charge is 0.247 e. The van der Waals surface area contributed by atoms with E-state index in [-0.39, 0.29) is 24.4 Å². The molecular weight excluding hydrogens is 450 g/mol. The van der Waals surface area contributed by atoms with Crippen molar-refractivity contribution in [1.29, 1.82) is 0 Å². The highest BCUT2D eigenvalue weighted by molar-refractivity contribution is 6.31. The van der Waals surface area contributed by atoms with Gasteiger partial charge in [0.05, 0.1) is 0 Å². The molecule has 172 valence electrons. The van der Waals surface area contributed by atoms with E-state index < -0.39 is 17.8 Å². The molecule has 1 aliphatic carbocycles. The minimum atomic E-state index is -0.956. The molecule has 1 fully saturated rings. The number of amides is 2. The fourth-order valence-electron chi connectivity index (χ4n) is 4.38. The molecule has 4 atom stereocenters. The second-order valence-corrected chi connectivity index (χ2v) is 9.26. The SMILES string of the molecule is C[C@H]1[C@H](C)CCC[C@@H]1NC(=O)[C@H](c1ccc(F)cc1)N(Cc1ccccc1Cl)C(=O)CCl. The monoisotopic (exact) mass is 478 g/mol. The average Bonchev–Trinajstić information content (AvgIpc) is 2.78. The summed E-state index contributed by atoms with van der Waals surface area (Å²) < 4.78 is 13.6. The van der Waals surface area contributed by atoms with Crippen LogP contribution in [-0.4, -0.2) is 28.6 Å². The summed E-state index contributed by atoms with van der Waals surface area (Å²) in [4.78, 5) is 28.0. The molecule has 7 heteroatoms. The van der Waals surface area contributed by atoms with Gasteiger partial charge in [-0.1, -0.05) is 68.6 Å². The zero-order valence-corrected chi connectivity index (χ0v) is 19.9. The number of alkyl halides is 1. The Morgan fingerprint density at radius 2 is 1.81 bits per heavy atom. The van der Waals surface area contributed by atoms with E-state index in [1.807, 2.05) is 6.07 Å². The van der Waals surface area contributed by atoms with Gasteiger partial charge in [-0.15, -0.1) is 11.6 Å². The molecule has 0 unspecified atom stereocenters. The van der Waals surface area contributed by atoms with Crippen LogP contribution < -0.4 is 5.32 Å². The zero-order valence-electron chi connectivity index (χ0n) is 18.4. The zero-order chi connectivity index (χ0) is 23.3. The molecule has 0 bridgehead atoms. The Kier molecular flexibility index (Phi) is 8.55. The summed E-state index contributed by atoms with van der Waals surface area (Å²) in [5.74, 6) is -0.575. The summed E-state index contributed by atoms with van der Waals surface area (Å²) in [6, 6.07) is 11.9. The summed E-state index contributed by atoms with van der Waals surface area (Å²) in [6.45, 7) is 4.45. The van der Waals surface area contributed by atoms with E-state index >= 15 is 0 Å². The van der Waals surface area contributed by atoms with Gasteiger partial charge < -0.3 is 10.2 Å². The Balaban J connectivity index is 1.97. The lowest BCUT2D eigenvalue weighted by Crippen LogP contribution is -2.50. The third-order valence-electron chi connectivity index (χ3n) is 6.51. The Bertz CT molecular complexity index is 938. The van der Waals surface area contributed by atoms with Gasteiger partial charge in [0.1, 0.15) is 17.7 Å². The average molecular weight is 479 g/mol. The van der Waals surface area contributed by atoms with Crippen LogP contribution in [0.3, 0.4) is 0 Å². The van der Waals surface area contributed by atoms with Crippen LogP contribution in [0.15, 0.2) is 48.5 Å². The van der Waals surface area contributed by atoms with Crippen molar-refractivity contribution in [2.75, 3.05) is 5.88 Å². The van der Waals surface area contributed by atoms with Crippen molar-refractivity contribution in [2.45, 2.75) is 51.7 Å². The van der Waals surface area contributed by atoms with Gasteiger partial charge in [-0.05, 0) is 47.6 Å². The van der Waals surface area contributed by atoms with Gasteiger partial charge >= 0.3 is 0 Å². The van der Waals surface area contributed by atoms with Crippen LogP contribution in [0.5, 0.6) is 0 Å². The first kappa shape index (κ1) is 24.5. The van der Waals surface area contributed by atoms with Crippen molar-refractivity contribution in [2.24, 2.45) is 11.8 Å². The minimum absolute atomic E-state index is 0.0162. The maximum absolute atomic E-state index is 13.6. The molecule has 0 aliphatic heterocycles. The second-order valence-electron chi connectivity index (χ2n) is 8.58. The van der Waals surface area contributed by atoms with Gasteiger partial charge in [0.15, 0.2) is 0 Å². The van der Waals surface area contributed by atoms with E-state index in [1.54, 1.807) is 18.2 Å². The molecule has 4 nitrogen and oxygen atoms in total. The van der Waals surface area contributed by atoms with Crippen molar-refractivity contribution in [3.8, 4) is 0 Å². The normalized spacial score (nSPS) is 21.6. The third kappa shape index (κ3) is 5.81. The number of hydrogen-bond donors (Lipinski definition) is 1. The number of carbonyl (C=O) groups is 2. The van der Waals surface area contributed by atoms with Gasteiger partial charge in [-0.25, -0.2) is 4.39 Å². The molecule has 3 rings (SSSR count). The largest absolute Gasteiger partial charge is 0.351 e. The molecule has 0 heterocycles. The number of halogens is 3. The van der Waals surface area contributed by atoms with Gasteiger partial charge in [-0.3, -0.25) is 9.59 Å². The highest BCUT2D eigenvalue weighted by atomic mass is 35.5. The van der Waals surface area contributed by atoms with E-state index in [0.29, 0.717) is 28.0 Å². The van der Waals surface area contributed by atoms with E-state index in [0.717, 1.165) is 19.3 Å². The number of nitrogens with zero attached hydrogens (tertiary/aromatic N) is 1. The standard InChI is InChI=1S/C25H29Cl2FN2O2/c1-16-6-5-9-22(17(16)2)29-25(32)24(18-10-12-20(28)13-11-18)30(23(31)14-26)15-19-7-3-4-8-21(19)27/h3-4,7-8,10-13,16-17,22,24H,5-6,9,14-15H2,1-2H3,(H,29,32)/t16-,17+,22+,24+/m1/s1. The Labute approximate surface area is 199 Å². The third-order valence-corrected chi connectivity index (χ3v) is 7.11. The summed E-state index contributed by atoms with van der Waals surface area (Å²) in [5, 5.41) is 3.66. The summed E-state index contributed by atoms with van der Waals surface area (Å²) in [7, 11) is 0. The van der Waals surface area contributed by atoms with E-state index in [1.165, 1.54) is 29.2 Å². The lowest BCUT2D eigenvalue weighted by Gasteiger charge is -2.37. The second kappa shape index (κ2) is 11.2. The number of hydrogen-bond acceptors (Lipinski definition) is 2. The molecule has 2 aromatic carbocycles. The molecular formula is C25H29Cl2FN2O2. The van der Waals surface area contributed by atoms with Crippen molar-refractivity contribution in [3.63, 3.8) is 0 Å². The van der Waals surface area contributed by atoms with Crippen LogP contribution >= 0.6 is 23.2 Å². The topological polar surface area (TPSA) is 49.4 Å². The summed E-state index contributed by atoms with van der Waals surface area (Å²) in [5.41, 5.74) is 1.22. The lowest BCUT2D eigenvalue weighted by atomic mass is 9.78. The van der Waals surface area contributed by atoms with Crippen molar-refractivity contribution >= 4 is 35.0 Å². The quantitative estimate of drug-likeness (QED) is 0.516. The fourth-order valence-corrected chi connectivity index (χ4v) is 4.72. The molecule has 0 spiro atoms. The maximum atomic E-state index is 13.6. The van der Waals surface area contributed by atoms with E-state index in [9.17, 15) is 14.0 Å². The van der Waals surface area contributed by atoms with Crippen molar-refractivity contribution in [1.82, 2.24) is 10.2 Å². The van der Waals surface area contributed by atoms with Crippen LogP contribution in [0.4, 0.5) is 4.39 Å². The highest BCUT2D eigenvalue weighted by Gasteiger charge is 2.35. The number of benzene rings is 2. The summed E-state index contributed by atoms with van der Waals surface area (Å²) >= 11 is 12.3. The van der Waals surface area contributed by atoms with Crippen LogP contribution in [0.1, 0.15) is 50.3 Å². The first-order chi connectivity index (χ1) is 15.3. The van der Waals surface area contributed by atoms with Gasteiger partial charge in [-0.2, -0.15) is 0 Å². The molecule has 0 radical (unpaired) electrons.